The zero-order valence-electron chi connectivity index (χ0n) is 14.0. The Kier molecular flexibility index (Phi) is 4.89. The third kappa shape index (κ3) is 3.87. The van der Waals surface area contributed by atoms with Gasteiger partial charge < -0.3 is 10.2 Å². The number of nitrogens with zero attached hydrogens (tertiary/aromatic N) is 1. The number of hydrogen-bond donors (Lipinski definition) is 1. The molecule has 1 atom stereocenters. The summed E-state index contributed by atoms with van der Waals surface area (Å²) in [6.07, 6.45) is 2.11. The van der Waals surface area contributed by atoms with Crippen LogP contribution in [0.1, 0.15) is 56.5 Å². The normalized spacial score (nSPS) is 16.5. The summed E-state index contributed by atoms with van der Waals surface area (Å²) in [7, 11) is 0. The van der Waals surface area contributed by atoms with Crippen LogP contribution in [-0.4, -0.2) is 35.8 Å². The van der Waals surface area contributed by atoms with E-state index in [-0.39, 0.29) is 17.2 Å². The van der Waals surface area contributed by atoms with Gasteiger partial charge in [-0.2, -0.15) is 0 Å². The number of nitrogens with one attached hydrogen (secondary N) is 1. The summed E-state index contributed by atoms with van der Waals surface area (Å²) in [6, 6.07) is 7.11. The van der Waals surface area contributed by atoms with Crippen LogP contribution in [-0.2, 0) is 10.2 Å². The molecule has 1 heterocycles. The molecule has 0 radical (unpaired) electrons. The number of carbonyl (C=O) groups excluding carboxylic acids is 2. The molecule has 22 heavy (non-hydrogen) atoms. The summed E-state index contributed by atoms with van der Waals surface area (Å²) in [5.41, 5.74) is 1.84. The molecule has 1 N–H and O–H groups in total. The van der Waals surface area contributed by atoms with Gasteiger partial charge in [-0.15, -0.1) is 0 Å². The molecule has 4 heteroatoms. The van der Waals surface area contributed by atoms with Crippen molar-refractivity contribution in [1.82, 2.24) is 10.2 Å². The van der Waals surface area contributed by atoms with Crippen LogP contribution < -0.4 is 5.32 Å². The molecule has 2 amide bonds. The Balaban J connectivity index is 1.98. The lowest BCUT2D eigenvalue weighted by molar-refractivity contribution is -0.131. The summed E-state index contributed by atoms with van der Waals surface area (Å²) in [5, 5.41) is 2.80. The van der Waals surface area contributed by atoms with Crippen molar-refractivity contribution in [3.05, 3.63) is 35.4 Å². The monoisotopic (exact) mass is 302 g/mol. The predicted molar refractivity (Wildman–Crippen MR) is 87.9 cm³/mol. The minimum absolute atomic E-state index is 0.0113. The van der Waals surface area contributed by atoms with Gasteiger partial charge in [0.25, 0.3) is 5.91 Å². The molecule has 1 saturated heterocycles. The highest BCUT2D eigenvalue weighted by atomic mass is 16.2. The summed E-state index contributed by atoms with van der Waals surface area (Å²) >= 11 is 0. The molecule has 2 rings (SSSR count). The number of rotatable bonds is 3. The van der Waals surface area contributed by atoms with Crippen LogP contribution in [0.4, 0.5) is 0 Å². The molecule has 0 aromatic heterocycles. The first-order valence-electron chi connectivity index (χ1n) is 7.99. The minimum atomic E-state index is -0.479. The maximum absolute atomic E-state index is 12.3. The Morgan fingerprint density at radius 1 is 1.09 bits per heavy atom. The first kappa shape index (κ1) is 16.5. The summed E-state index contributed by atoms with van der Waals surface area (Å²) in [6.45, 7) is 9.78. The van der Waals surface area contributed by atoms with Crippen LogP contribution in [0.2, 0.25) is 0 Å². The third-order valence-corrected chi connectivity index (χ3v) is 4.15. The first-order valence-corrected chi connectivity index (χ1v) is 7.99. The lowest BCUT2D eigenvalue weighted by atomic mass is 9.86. The number of amides is 2. The van der Waals surface area contributed by atoms with Crippen molar-refractivity contribution in [2.24, 2.45) is 0 Å². The van der Waals surface area contributed by atoms with Crippen LogP contribution >= 0.6 is 0 Å². The molecule has 0 unspecified atom stereocenters. The Labute approximate surface area is 132 Å². The van der Waals surface area contributed by atoms with Gasteiger partial charge >= 0.3 is 0 Å². The van der Waals surface area contributed by atoms with Crippen molar-refractivity contribution >= 4 is 11.8 Å². The largest absolute Gasteiger partial charge is 0.341 e. The second-order valence-electron chi connectivity index (χ2n) is 7.05. The fourth-order valence-corrected chi connectivity index (χ4v) is 2.67. The van der Waals surface area contributed by atoms with Gasteiger partial charge in [0, 0.05) is 18.7 Å². The summed E-state index contributed by atoms with van der Waals surface area (Å²) in [5.74, 6) is -0.183. The molecular formula is C18H26N2O2. The maximum atomic E-state index is 12.3. The summed E-state index contributed by atoms with van der Waals surface area (Å²) in [4.78, 5) is 26.3. The fourth-order valence-electron chi connectivity index (χ4n) is 2.67. The van der Waals surface area contributed by atoms with E-state index in [0.29, 0.717) is 5.56 Å². The van der Waals surface area contributed by atoms with Crippen LogP contribution in [0, 0.1) is 0 Å². The predicted octanol–water partition coefficient (Wildman–Crippen LogP) is 2.72. The Bertz CT molecular complexity index is 537. The molecule has 0 bridgehead atoms. The SMILES string of the molecule is C[C@H](NC(=O)c1ccc(C(C)(C)C)cc1)C(=O)N1CCCC1. The van der Waals surface area contributed by atoms with E-state index in [1.807, 2.05) is 29.2 Å². The zero-order chi connectivity index (χ0) is 16.3. The topological polar surface area (TPSA) is 49.4 Å². The van der Waals surface area contributed by atoms with Crippen molar-refractivity contribution in [2.45, 2.75) is 52.0 Å². The molecule has 120 valence electrons. The van der Waals surface area contributed by atoms with Gasteiger partial charge in [0.05, 0.1) is 0 Å². The molecule has 0 aliphatic carbocycles. The second-order valence-corrected chi connectivity index (χ2v) is 7.05. The molecule has 1 aromatic rings. The molecule has 0 saturated carbocycles. The van der Waals surface area contributed by atoms with E-state index in [4.69, 9.17) is 0 Å². The average molecular weight is 302 g/mol. The molecule has 1 aliphatic heterocycles. The van der Waals surface area contributed by atoms with Crippen LogP contribution in [0.5, 0.6) is 0 Å². The second kappa shape index (κ2) is 6.51. The number of benzene rings is 1. The van der Waals surface area contributed by atoms with E-state index in [1.54, 1.807) is 6.92 Å². The zero-order valence-corrected chi connectivity index (χ0v) is 14.0. The van der Waals surface area contributed by atoms with Crippen molar-refractivity contribution < 1.29 is 9.59 Å². The Morgan fingerprint density at radius 2 is 1.64 bits per heavy atom. The molecule has 4 nitrogen and oxygen atoms in total. The van der Waals surface area contributed by atoms with Crippen LogP contribution in [0.25, 0.3) is 0 Å². The average Bonchev–Trinajstić information content (AvgIpc) is 2.99. The lowest BCUT2D eigenvalue weighted by Gasteiger charge is -2.21. The van der Waals surface area contributed by atoms with Gasteiger partial charge in [0.2, 0.25) is 5.91 Å². The van der Waals surface area contributed by atoms with E-state index < -0.39 is 6.04 Å². The Morgan fingerprint density at radius 3 is 2.14 bits per heavy atom. The van der Waals surface area contributed by atoms with Gasteiger partial charge in [-0.3, -0.25) is 9.59 Å². The van der Waals surface area contributed by atoms with Crippen molar-refractivity contribution in [3.63, 3.8) is 0 Å². The van der Waals surface area contributed by atoms with Crippen LogP contribution in [0.3, 0.4) is 0 Å². The van der Waals surface area contributed by atoms with E-state index in [0.717, 1.165) is 25.9 Å². The molecule has 1 aliphatic rings. The van der Waals surface area contributed by atoms with Gasteiger partial charge in [-0.1, -0.05) is 32.9 Å². The lowest BCUT2D eigenvalue weighted by Crippen LogP contribution is -2.45. The van der Waals surface area contributed by atoms with Crippen molar-refractivity contribution in [2.75, 3.05) is 13.1 Å². The van der Waals surface area contributed by atoms with E-state index in [2.05, 4.69) is 26.1 Å². The van der Waals surface area contributed by atoms with Crippen LogP contribution in [0.15, 0.2) is 24.3 Å². The van der Waals surface area contributed by atoms with E-state index >= 15 is 0 Å². The Hall–Kier alpha value is -1.84. The van der Waals surface area contributed by atoms with E-state index in [9.17, 15) is 9.59 Å². The van der Waals surface area contributed by atoms with Crippen molar-refractivity contribution in [3.8, 4) is 0 Å². The highest BCUT2D eigenvalue weighted by molar-refractivity contribution is 5.97. The standard InChI is InChI=1S/C18H26N2O2/c1-13(17(22)20-11-5-6-12-20)19-16(21)14-7-9-15(10-8-14)18(2,3)4/h7-10,13H,5-6,11-12H2,1-4H3,(H,19,21)/t13-/m0/s1. The third-order valence-electron chi connectivity index (χ3n) is 4.15. The van der Waals surface area contributed by atoms with Gasteiger partial charge in [-0.05, 0) is 42.9 Å². The molecule has 1 aromatic carbocycles. The summed E-state index contributed by atoms with van der Waals surface area (Å²) < 4.78 is 0. The van der Waals surface area contributed by atoms with Gasteiger partial charge in [-0.25, -0.2) is 0 Å². The first-order chi connectivity index (χ1) is 10.3. The van der Waals surface area contributed by atoms with E-state index in [1.165, 1.54) is 5.56 Å². The highest BCUT2D eigenvalue weighted by Gasteiger charge is 2.24. The van der Waals surface area contributed by atoms with Crippen molar-refractivity contribution in [1.29, 1.82) is 0 Å². The minimum Gasteiger partial charge on any atom is -0.341 e. The highest BCUT2D eigenvalue weighted by Crippen LogP contribution is 2.22. The fraction of sp³-hybridized carbons (Fsp3) is 0.556. The quantitative estimate of drug-likeness (QED) is 0.933. The molecule has 0 spiro atoms. The molecular weight excluding hydrogens is 276 g/mol. The van der Waals surface area contributed by atoms with Gasteiger partial charge in [0.15, 0.2) is 0 Å². The number of hydrogen-bond acceptors (Lipinski definition) is 2. The smallest absolute Gasteiger partial charge is 0.251 e. The number of likely N-dealkylation sites (tertiary alicyclic amines) is 1. The van der Waals surface area contributed by atoms with Gasteiger partial charge in [0.1, 0.15) is 6.04 Å². The maximum Gasteiger partial charge on any atom is 0.251 e. The molecule has 1 fully saturated rings. The number of carbonyl (C=O) groups is 2.